The largest absolute Gasteiger partial charge is 0.445 e. The number of rotatable bonds is 3. The van der Waals surface area contributed by atoms with Crippen LogP contribution in [0.2, 0.25) is 0 Å². The molecule has 1 fully saturated rings. The molecule has 5 heteroatoms. The van der Waals surface area contributed by atoms with Crippen LogP contribution in [0.15, 0.2) is 12.7 Å². The molecule has 0 saturated carbocycles. The maximum Gasteiger partial charge on any atom is 0.410 e. The summed E-state index contributed by atoms with van der Waals surface area (Å²) in [5, 5.41) is 8.99. The van der Waals surface area contributed by atoms with Crippen LogP contribution in [0.25, 0.3) is 0 Å². The molecule has 0 aliphatic carbocycles. The Morgan fingerprint density at radius 3 is 3.21 bits per heavy atom. The molecule has 1 saturated heterocycles. The molecule has 14 heavy (non-hydrogen) atoms. The first-order valence-electron chi connectivity index (χ1n) is 4.52. The van der Waals surface area contributed by atoms with E-state index in [1.165, 1.54) is 11.0 Å². The number of aliphatic hydroxyl groups is 1. The van der Waals surface area contributed by atoms with Crippen molar-refractivity contribution in [1.82, 2.24) is 4.90 Å². The monoisotopic (exact) mass is 201 g/mol. The number of hydrogen-bond donors (Lipinski definition) is 1. The summed E-state index contributed by atoms with van der Waals surface area (Å²) in [6, 6.07) is -0.291. The average Bonchev–Trinajstić information content (AvgIpc) is 2.25. The molecule has 0 aromatic heterocycles. The van der Waals surface area contributed by atoms with Crippen molar-refractivity contribution in [1.29, 1.82) is 0 Å². The first kappa shape index (κ1) is 11.0. The summed E-state index contributed by atoms with van der Waals surface area (Å²) >= 11 is 0. The normalized spacial score (nSPS) is 21.8. The summed E-state index contributed by atoms with van der Waals surface area (Å²) in [5.74, 6) is 0. The Kier molecular flexibility index (Phi) is 4.42. The van der Waals surface area contributed by atoms with E-state index in [0.29, 0.717) is 19.8 Å². The highest BCUT2D eigenvalue weighted by Crippen LogP contribution is 2.07. The fourth-order valence-electron chi connectivity index (χ4n) is 1.26. The van der Waals surface area contributed by atoms with Crippen LogP contribution in [-0.2, 0) is 9.47 Å². The van der Waals surface area contributed by atoms with Crippen LogP contribution >= 0.6 is 0 Å². The minimum absolute atomic E-state index is 0.108. The van der Waals surface area contributed by atoms with Gasteiger partial charge in [0.2, 0.25) is 0 Å². The molecule has 0 aromatic carbocycles. The molecule has 0 radical (unpaired) electrons. The van der Waals surface area contributed by atoms with Gasteiger partial charge >= 0.3 is 6.09 Å². The number of ether oxygens (including phenoxy) is 2. The molecule has 1 rings (SSSR count). The van der Waals surface area contributed by atoms with E-state index >= 15 is 0 Å². The van der Waals surface area contributed by atoms with Gasteiger partial charge in [-0.25, -0.2) is 4.79 Å². The maximum absolute atomic E-state index is 11.4. The molecule has 5 nitrogen and oxygen atoms in total. The zero-order chi connectivity index (χ0) is 10.4. The number of morpholine rings is 1. The van der Waals surface area contributed by atoms with Gasteiger partial charge < -0.3 is 14.6 Å². The average molecular weight is 201 g/mol. The zero-order valence-electron chi connectivity index (χ0n) is 8.02. The van der Waals surface area contributed by atoms with Crippen molar-refractivity contribution in [3.63, 3.8) is 0 Å². The van der Waals surface area contributed by atoms with E-state index in [-0.39, 0.29) is 19.3 Å². The number of aliphatic hydroxyl groups excluding tert-OH is 1. The van der Waals surface area contributed by atoms with Crippen LogP contribution in [-0.4, -0.2) is 55.1 Å². The number of nitrogens with zero attached hydrogens (tertiary/aromatic N) is 1. The maximum atomic E-state index is 11.4. The van der Waals surface area contributed by atoms with Crippen molar-refractivity contribution >= 4 is 6.09 Å². The van der Waals surface area contributed by atoms with Gasteiger partial charge in [-0.3, -0.25) is 4.90 Å². The first-order valence-corrected chi connectivity index (χ1v) is 4.52. The van der Waals surface area contributed by atoms with Gasteiger partial charge in [0.25, 0.3) is 0 Å². The second-order valence-corrected chi connectivity index (χ2v) is 2.97. The lowest BCUT2D eigenvalue weighted by atomic mass is 10.2. The van der Waals surface area contributed by atoms with Crippen molar-refractivity contribution in [2.24, 2.45) is 0 Å². The van der Waals surface area contributed by atoms with Crippen LogP contribution in [0.4, 0.5) is 4.79 Å². The number of amides is 1. The summed E-state index contributed by atoms with van der Waals surface area (Å²) in [5.41, 5.74) is 0. The molecule has 1 atom stereocenters. The van der Waals surface area contributed by atoms with Crippen molar-refractivity contribution < 1.29 is 19.4 Å². The van der Waals surface area contributed by atoms with E-state index in [0.717, 1.165) is 0 Å². The van der Waals surface area contributed by atoms with Crippen molar-refractivity contribution in [2.45, 2.75) is 6.04 Å². The molecular weight excluding hydrogens is 186 g/mol. The van der Waals surface area contributed by atoms with Crippen LogP contribution in [0.1, 0.15) is 0 Å². The van der Waals surface area contributed by atoms with Crippen LogP contribution in [0, 0.1) is 0 Å². The van der Waals surface area contributed by atoms with Gasteiger partial charge in [-0.1, -0.05) is 12.7 Å². The SMILES string of the molecule is C=CCOC(=O)N1CCOC[C@H]1CO. The van der Waals surface area contributed by atoms with Crippen molar-refractivity contribution in [3.05, 3.63) is 12.7 Å². The summed E-state index contributed by atoms with van der Waals surface area (Å²) < 4.78 is 9.99. The quantitative estimate of drug-likeness (QED) is 0.653. The van der Waals surface area contributed by atoms with E-state index in [1.54, 1.807) is 0 Å². The zero-order valence-corrected chi connectivity index (χ0v) is 8.02. The summed E-state index contributed by atoms with van der Waals surface area (Å²) in [6.07, 6.45) is 1.08. The second kappa shape index (κ2) is 5.62. The molecule has 0 aromatic rings. The van der Waals surface area contributed by atoms with E-state index in [4.69, 9.17) is 14.6 Å². The highest BCUT2D eigenvalue weighted by atomic mass is 16.6. The van der Waals surface area contributed by atoms with Gasteiger partial charge in [0.1, 0.15) is 6.61 Å². The van der Waals surface area contributed by atoms with Crippen LogP contribution < -0.4 is 0 Å². The summed E-state index contributed by atoms with van der Waals surface area (Å²) in [7, 11) is 0. The molecule has 1 aliphatic heterocycles. The molecule has 0 unspecified atom stereocenters. The number of carbonyl (C=O) groups is 1. The molecule has 0 spiro atoms. The molecule has 1 heterocycles. The fourth-order valence-corrected chi connectivity index (χ4v) is 1.26. The smallest absolute Gasteiger partial charge is 0.410 e. The van der Waals surface area contributed by atoms with E-state index in [2.05, 4.69) is 6.58 Å². The predicted octanol–water partition coefficient (Wildman–Crippen LogP) is 0.00210. The highest BCUT2D eigenvalue weighted by Gasteiger charge is 2.27. The first-order chi connectivity index (χ1) is 6.79. The predicted molar refractivity (Wildman–Crippen MR) is 49.9 cm³/mol. The Bertz CT molecular complexity index is 207. The van der Waals surface area contributed by atoms with E-state index < -0.39 is 6.09 Å². The van der Waals surface area contributed by atoms with Gasteiger partial charge in [-0.05, 0) is 0 Å². The topological polar surface area (TPSA) is 59.0 Å². The van der Waals surface area contributed by atoms with E-state index in [1.807, 2.05) is 0 Å². The lowest BCUT2D eigenvalue weighted by Crippen LogP contribution is -2.50. The third kappa shape index (κ3) is 2.71. The Morgan fingerprint density at radius 1 is 1.79 bits per heavy atom. The van der Waals surface area contributed by atoms with Gasteiger partial charge in [0, 0.05) is 6.54 Å². The van der Waals surface area contributed by atoms with E-state index in [9.17, 15) is 4.79 Å². The molecular formula is C9H15NO4. The third-order valence-corrected chi connectivity index (χ3v) is 2.00. The molecule has 1 amide bonds. The Hall–Kier alpha value is -1.07. The van der Waals surface area contributed by atoms with Gasteiger partial charge in [0.05, 0.1) is 25.9 Å². The van der Waals surface area contributed by atoms with Crippen molar-refractivity contribution in [2.75, 3.05) is 33.0 Å². The lowest BCUT2D eigenvalue weighted by molar-refractivity contribution is -0.0241. The summed E-state index contributed by atoms with van der Waals surface area (Å²) in [4.78, 5) is 12.9. The Labute approximate surface area is 82.9 Å². The molecule has 80 valence electrons. The Balaban J connectivity index is 2.45. The van der Waals surface area contributed by atoms with Gasteiger partial charge in [0.15, 0.2) is 0 Å². The van der Waals surface area contributed by atoms with Crippen LogP contribution in [0.3, 0.4) is 0 Å². The standard InChI is InChI=1S/C9H15NO4/c1-2-4-14-9(12)10-3-5-13-7-8(10)6-11/h2,8,11H,1,3-7H2/t8-/m1/s1. The number of hydrogen-bond acceptors (Lipinski definition) is 4. The Morgan fingerprint density at radius 2 is 2.57 bits per heavy atom. The molecule has 0 bridgehead atoms. The van der Waals surface area contributed by atoms with Crippen LogP contribution in [0.5, 0.6) is 0 Å². The minimum atomic E-state index is -0.424. The molecule has 1 N–H and O–H groups in total. The fraction of sp³-hybridized carbons (Fsp3) is 0.667. The number of carbonyl (C=O) groups excluding carboxylic acids is 1. The third-order valence-electron chi connectivity index (χ3n) is 2.00. The van der Waals surface area contributed by atoms with Gasteiger partial charge in [-0.15, -0.1) is 0 Å². The van der Waals surface area contributed by atoms with Gasteiger partial charge in [-0.2, -0.15) is 0 Å². The summed E-state index contributed by atoms with van der Waals surface area (Å²) in [6.45, 7) is 4.83. The lowest BCUT2D eigenvalue weighted by Gasteiger charge is -2.33. The minimum Gasteiger partial charge on any atom is -0.445 e. The van der Waals surface area contributed by atoms with Crippen molar-refractivity contribution in [3.8, 4) is 0 Å². The molecule has 1 aliphatic rings. The highest BCUT2D eigenvalue weighted by molar-refractivity contribution is 5.68. The second-order valence-electron chi connectivity index (χ2n) is 2.97.